The summed E-state index contributed by atoms with van der Waals surface area (Å²) in [6, 6.07) is 17.4. The highest BCUT2D eigenvalue weighted by molar-refractivity contribution is 5.86. The van der Waals surface area contributed by atoms with Crippen LogP contribution in [0, 0.1) is 6.42 Å². The lowest BCUT2D eigenvalue weighted by Gasteiger charge is -2.17. The molecule has 1 amide bonds. The van der Waals surface area contributed by atoms with Gasteiger partial charge in [-0.1, -0.05) is 49.4 Å². The summed E-state index contributed by atoms with van der Waals surface area (Å²) in [6.07, 6.45) is 1.65. The number of hydrogen-bond acceptors (Lipinski definition) is 2. The van der Waals surface area contributed by atoms with E-state index in [1.807, 2.05) is 67.9 Å². The Morgan fingerprint density at radius 3 is 2.35 bits per heavy atom. The molecular weight excluding hydrogens is 250 g/mol. The van der Waals surface area contributed by atoms with Crippen LogP contribution in [-0.4, -0.2) is 13.1 Å². The fourth-order valence-electron chi connectivity index (χ4n) is 1.81. The highest BCUT2D eigenvalue weighted by Gasteiger charge is 2.12. The summed E-state index contributed by atoms with van der Waals surface area (Å²) in [5, 5.41) is 0. The Bertz CT molecular complexity index is 549. The molecule has 0 spiro atoms. The van der Waals surface area contributed by atoms with E-state index in [-0.39, 0.29) is 12.7 Å². The SMILES string of the molecule is C[CH]c1ccc(N(C)C(=O)OCc2ccccc2)cc1. The Morgan fingerprint density at radius 2 is 1.75 bits per heavy atom. The van der Waals surface area contributed by atoms with Crippen LogP contribution in [0.15, 0.2) is 54.6 Å². The maximum atomic E-state index is 12.0. The first-order valence-corrected chi connectivity index (χ1v) is 6.54. The molecule has 20 heavy (non-hydrogen) atoms. The summed E-state index contributed by atoms with van der Waals surface area (Å²) in [5.74, 6) is 0. The van der Waals surface area contributed by atoms with Crippen molar-refractivity contribution in [1.82, 2.24) is 0 Å². The van der Waals surface area contributed by atoms with E-state index in [1.165, 1.54) is 4.90 Å². The summed E-state index contributed by atoms with van der Waals surface area (Å²) in [4.78, 5) is 13.5. The second kappa shape index (κ2) is 6.75. The van der Waals surface area contributed by atoms with Crippen LogP contribution in [0.5, 0.6) is 0 Å². The molecule has 3 heteroatoms. The van der Waals surface area contributed by atoms with E-state index in [4.69, 9.17) is 4.74 Å². The number of carbonyl (C=O) groups is 1. The van der Waals surface area contributed by atoms with Gasteiger partial charge in [-0.15, -0.1) is 0 Å². The van der Waals surface area contributed by atoms with Crippen molar-refractivity contribution in [2.75, 3.05) is 11.9 Å². The predicted molar refractivity (Wildman–Crippen MR) is 80.5 cm³/mol. The average Bonchev–Trinajstić information content (AvgIpc) is 2.53. The molecule has 0 aliphatic rings. The third kappa shape index (κ3) is 3.60. The number of carbonyl (C=O) groups excluding carboxylic acids is 1. The molecular formula is C17H18NO2. The smallest absolute Gasteiger partial charge is 0.414 e. The topological polar surface area (TPSA) is 29.5 Å². The summed E-state index contributed by atoms with van der Waals surface area (Å²) in [5.41, 5.74) is 2.92. The van der Waals surface area contributed by atoms with Gasteiger partial charge in [0.1, 0.15) is 6.61 Å². The van der Waals surface area contributed by atoms with Gasteiger partial charge in [0.15, 0.2) is 0 Å². The predicted octanol–water partition coefficient (Wildman–Crippen LogP) is 4.03. The molecule has 2 rings (SSSR count). The summed E-state index contributed by atoms with van der Waals surface area (Å²) in [6.45, 7) is 2.26. The molecule has 0 unspecified atom stereocenters. The maximum absolute atomic E-state index is 12.0. The average molecular weight is 268 g/mol. The Hall–Kier alpha value is -2.29. The molecule has 103 valence electrons. The Morgan fingerprint density at radius 1 is 1.10 bits per heavy atom. The molecule has 2 aromatic rings. The molecule has 0 atom stereocenters. The van der Waals surface area contributed by atoms with Gasteiger partial charge in [-0.3, -0.25) is 4.90 Å². The minimum atomic E-state index is -0.359. The largest absolute Gasteiger partial charge is 0.444 e. The van der Waals surface area contributed by atoms with Crippen molar-refractivity contribution in [3.8, 4) is 0 Å². The number of hydrogen-bond donors (Lipinski definition) is 0. The molecule has 0 N–H and O–H groups in total. The molecule has 0 aromatic heterocycles. The third-order valence-electron chi connectivity index (χ3n) is 3.09. The van der Waals surface area contributed by atoms with Crippen molar-refractivity contribution in [2.45, 2.75) is 13.5 Å². The standard InChI is InChI=1S/C17H18NO2/c1-3-14-9-11-16(12-10-14)18(2)17(19)20-13-15-7-5-4-6-8-15/h3-12H,13H2,1-2H3. The fourth-order valence-corrected chi connectivity index (χ4v) is 1.81. The van der Waals surface area contributed by atoms with Crippen LogP contribution in [0.25, 0.3) is 0 Å². The lowest BCUT2D eigenvalue weighted by atomic mass is 10.1. The van der Waals surface area contributed by atoms with Crippen molar-refractivity contribution in [3.05, 3.63) is 72.1 Å². The summed E-state index contributed by atoms with van der Waals surface area (Å²) >= 11 is 0. The molecule has 0 fully saturated rings. The van der Waals surface area contributed by atoms with Gasteiger partial charge in [0.2, 0.25) is 0 Å². The molecule has 0 heterocycles. The van der Waals surface area contributed by atoms with Gasteiger partial charge >= 0.3 is 6.09 Å². The molecule has 2 aromatic carbocycles. The molecule has 3 nitrogen and oxygen atoms in total. The van der Waals surface area contributed by atoms with Gasteiger partial charge in [0.25, 0.3) is 0 Å². The number of ether oxygens (including phenoxy) is 1. The van der Waals surface area contributed by atoms with Gasteiger partial charge in [0.05, 0.1) is 0 Å². The molecule has 1 radical (unpaired) electrons. The molecule has 0 saturated heterocycles. The van der Waals surface area contributed by atoms with E-state index in [0.29, 0.717) is 0 Å². The zero-order valence-corrected chi connectivity index (χ0v) is 11.7. The van der Waals surface area contributed by atoms with E-state index in [2.05, 4.69) is 0 Å². The second-order valence-corrected chi connectivity index (χ2v) is 4.48. The zero-order valence-electron chi connectivity index (χ0n) is 11.7. The van der Waals surface area contributed by atoms with Crippen molar-refractivity contribution >= 4 is 11.8 Å². The van der Waals surface area contributed by atoms with Crippen molar-refractivity contribution in [3.63, 3.8) is 0 Å². The van der Waals surface area contributed by atoms with Crippen molar-refractivity contribution in [1.29, 1.82) is 0 Å². The molecule has 0 aliphatic carbocycles. The van der Waals surface area contributed by atoms with Gasteiger partial charge in [-0.25, -0.2) is 4.79 Å². The van der Waals surface area contributed by atoms with Crippen LogP contribution in [-0.2, 0) is 11.3 Å². The normalized spacial score (nSPS) is 10.1. The van der Waals surface area contributed by atoms with E-state index >= 15 is 0 Å². The van der Waals surface area contributed by atoms with Crippen LogP contribution in [0.3, 0.4) is 0 Å². The number of nitrogens with zero attached hydrogens (tertiary/aromatic N) is 1. The number of rotatable bonds is 4. The van der Waals surface area contributed by atoms with Crippen LogP contribution in [0.2, 0.25) is 0 Å². The quantitative estimate of drug-likeness (QED) is 0.837. The van der Waals surface area contributed by atoms with Crippen molar-refractivity contribution < 1.29 is 9.53 Å². The fraction of sp³-hybridized carbons (Fsp3) is 0.176. The summed E-state index contributed by atoms with van der Waals surface area (Å²) < 4.78 is 5.28. The minimum absolute atomic E-state index is 0.283. The Labute approximate surface area is 119 Å². The third-order valence-corrected chi connectivity index (χ3v) is 3.09. The highest BCUT2D eigenvalue weighted by atomic mass is 16.6. The van der Waals surface area contributed by atoms with Crippen LogP contribution in [0.4, 0.5) is 10.5 Å². The van der Waals surface area contributed by atoms with Crippen LogP contribution < -0.4 is 4.90 Å². The van der Waals surface area contributed by atoms with Gasteiger partial charge in [-0.05, 0) is 29.7 Å². The Balaban J connectivity index is 1.94. The first-order valence-electron chi connectivity index (χ1n) is 6.54. The van der Waals surface area contributed by atoms with Crippen LogP contribution >= 0.6 is 0 Å². The van der Waals surface area contributed by atoms with E-state index in [1.54, 1.807) is 7.05 Å². The monoisotopic (exact) mass is 268 g/mol. The van der Waals surface area contributed by atoms with Crippen molar-refractivity contribution in [2.24, 2.45) is 0 Å². The lowest BCUT2D eigenvalue weighted by Crippen LogP contribution is -2.26. The van der Waals surface area contributed by atoms with Gasteiger partial charge < -0.3 is 4.74 Å². The molecule has 0 bridgehead atoms. The van der Waals surface area contributed by atoms with Crippen LogP contribution in [0.1, 0.15) is 18.1 Å². The first kappa shape index (κ1) is 14.1. The zero-order chi connectivity index (χ0) is 14.4. The second-order valence-electron chi connectivity index (χ2n) is 4.48. The Kier molecular flexibility index (Phi) is 4.77. The summed E-state index contributed by atoms with van der Waals surface area (Å²) in [7, 11) is 1.71. The minimum Gasteiger partial charge on any atom is -0.444 e. The van der Waals surface area contributed by atoms with Gasteiger partial charge in [-0.2, -0.15) is 0 Å². The number of benzene rings is 2. The van der Waals surface area contributed by atoms with Gasteiger partial charge in [0, 0.05) is 12.7 Å². The number of amides is 1. The van der Waals surface area contributed by atoms with E-state index in [9.17, 15) is 4.79 Å². The highest BCUT2D eigenvalue weighted by Crippen LogP contribution is 2.16. The molecule has 0 saturated carbocycles. The molecule has 0 aliphatic heterocycles. The first-order chi connectivity index (χ1) is 9.70. The van der Waals surface area contributed by atoms with E-state index in [0.717, 1.165) is 16.8 Å². The lowest BCUT2D eigenvalue weighted by molar-refractivity contribution is 0.148. The maximum Gasteiger partial charge on any atom is 0.414 e. The number of anilines is 1. The van der Waals surface area contributed by atoms with E-state index < -0.39 is 0 Å².